The molecule has 4 saturated carbocycles. The Morgan fingerprint density at radius 3 is 2.61 bits per heavy atom. The quantitative estimate of drug-likeness (QED) is 0.430. The molecule has 0 bridgehead atoms. The van der Waals surface area contributed by atoms with Crippen LogP contribution in [0.1, 0.15) is 46.5 Å². The predicted molar refractivity (Wildman–Crippen MR) is 110 cm³/mol. The Bertz CT molecular complexity index is 835. The van der Waals surface area contributed by atoms with Crippen LogP contribution in [0.2, 0.25) is 0 Å². The van der Waals surface area contributed by atoms with Gasteiger partial charge in [0, 0.05) is 23.7 Å². The molecule has 172 valence electrons. The minimum Gasteiger partial charge on any atom is -0.373 e. The van der Waals surface area contributed by atoms with E-state index in [1.165, 1.54) is 5.57 Å². The lowest BCUT2D eigenvalue weighted by atomic mass is 9.41. The summed E-state index contributed by atoms with van der Waals surface area (Å²) >= 11 is 0. The van der Waals surface area contributed by atoms with Crippen LogP contribution >= 0.6 is 0 Å². The molecule has 31 heavy (non-hydrogen) atoms. The molecule has 0 aromatic carbocycles. The van der Waals surface area contributed by atoms with E-state index in [-0.39, 0.29) is 46.6 Å². The summed E-state index contributed by atoms with van der Waals surface area (Å²) in [5, 5.41) is 0. The van der Waals surface area contributed by atoms with E-state index in [1.807, 2.05) is 0 Å². The zero-order chi connectivity index (χ0) is 21.4. The molecule has 3 heterocycles. The van der Waals surface area contributed by atoms with Crippen LogP contribution in [-0.2, 0) is 23.7 Å². The maximum atomic E-state index is 16.0. The number of fused-ring (bicyclic) bond motifs is 7. The maximum Gasteiger partial charge on any atom is 0.236 e. The lowest BCUT2D eigenvalue weighted by Crippen LogP contribution is -2.67. The number of hydrogen-bond acceptors (Lipinski definition) is 5. The summed E-state index contributed by atoms with van der Waals surface area (Å²) in [6, 6.07) is 0. The van der Waals surface area contributed by atoms with Crippen molar-refractivity contribution < 1.29 is 28.1 Å². The van der Waals surface area contributed by atoms with Gasteiger partial charge in [0.15, 0.2) is 0 Å². The van der Waals surface area contributed by atoms with Crippen LogP contribution < -0.4 is 0 Å². The Morgan fingerprint density at radius 2 is 1.77 bits per heavy atom. The third kappa shape index (κ3) is 2.12. The number of ether oxygens (including phenoxy) is 5. The Labute approximate surface area is 184 Å². The third-order valence-corrected chi connectivity index (χ3v) is 11.1. The van der Waals surface area contributed by atoms with E-state index in [0.29, 0.717) is 44.7 Å². The standard InChI is InChI=1S/C25H35FO5/c1-13-18-15(5-6-22(3)16(18)11-25(26)21(22)29-9-10-30-25)23(4)14(2)19-17(27-7-8-28-19)12-24(23)20(13)31-24/h14-21H,1,5-12H2,2-4H3/t14-,15+,16+,17?,18-,19?,20+,21?,22+,23-,24?,25+/m1/s1. The van der Waals surface area contributed by atoms with Crippen LogP contribution in [-0.4, -0.2) is 62.3 Å². The largest absolute Gasteiger partial charge is 0.373 e. The average Bonchev–Trinajstić information content (AvgIpc) is 3.43. The van der Waals surface area contributed by atoms with Crippen molar-refractivity contribution in [2.24, 2.45) is 34.5 Å². The fourth-order valence-corrected chi connectivity index (χ4v) is 9.54. The van der Waals surface area contributed by atoms with Crippen molar-refractivity contribution in [1.82, 2.24) is 0 Å². The SMILES string of the molecule is C=C1[C@@H]2[C@H](CC[C@]3(C)C4OCCO[C@@]4(F)C[C@@H]23)[C@@]2(C)[C@H](C)C3OCCOC3CC23O[C@@H]13. The number of epoxide rings is 1. The molecule has 7 fully saturated rings. The molecule has 3 aliphatic heterocycles. The fraction of sp³-hybridized carbons (Fsp3) is 0.920. The van der Waals surface area contributed by atoms with Gasteiger partial charge in [0.25, 0.3) is 0 Å². The van der Waals surface area contributed by atoms with E-state index in [1.54, 1.807) is 0 Å². The highest BCUT2D eigenvalue weighted by Crippen LogP contribution is 2.77. The molecule has 0 aromatic heterocycles. The molecule has 0 amide bonds. The summed E-state index contributed by atoms with van der Waals surface area (Å²) in [6.07, 6.45) is 3.08. The first-order valence-electron chi connectivity index (χ1n) is 12.3. The molecular weight excluding hydrogens is 399 g/mol. The molecule has 5 nitrogen and oxygen atoms in total. The van der Waals surface area contributed by atoms with Crippen molar-refractivity contribution in [1.29, 1.82) is 0 Å². The minimum atomic E-state index is -1.67. The molecule has 0 N–H and O–H groups in total. The van der Waals surface area contributed by atoms with Crippen molar-refractivity contribution in [2.45, 2.75) is 82.3 Å². The Morgan fingerprint density at radius 1 is 1.00 bits per heavy atom. The molecule has 3 saturated heterocycles. The molecule has 4 aliphatic carbocycles. The van der Waals surface area contributed by atoms with E-state index in [9.17, 15) is 0 Å². The molecule has 0 aromatic rings. The summed E-state index contributed by atoms with van der Waals surface area (Å²) in [7, 11) is 0. The number of hydrogen-bond donors (Lipinski definition) is 0. The van der Waals surface area contributed by atoms with E-state index in [4.69, 9.17) is 23.7 Å². The Balaban J connectivity index is 1.31. The van der Waals surface area contributed by atoms with Crippen molar-refractivity contribution in [3.8, 4) is 0 Å². The molecule has 6 heteroatoms. The highest BCUT2D eigenvalue weighted by molar-refractivity contribution is 5.39. The van der Waals surface area contributed by atoms with Gasteiger partial charge in [0.1, 0.15) is 17.8 Å². The van der Waals surface area contributed by atoms with Crippen LogP contribution in [0.3, 0.4) is 0 Å². The van der Waals surface area contributed by atoms with Gasteiger partial charge in [-0.1, -0.05) is 27.4 Å². The van der Waals surface area contributed by atoms with Gasteiger partial charge in [0.05, 0.1) is 38.6 Å². The van der Waals surface area contributed by atoms with E-state index in [2.05, 4.69) is 27.4 Å². The number of rotatable bonds is 0. The molecule has 7 rings (SSSR count). The summed E-state index contributed by atoms with van der Waals surface area (Å²) in [5.74, 6) is -0.548. The van der Waals surface area contributed by atoms with Crippen molar-refractivity contribution in [3.63, 3.8) is 0 Å². The van der Waals surface area contributed by atoms with Gasteiger partial charge in [-0.3, -0.25) is 0 Å². The van der Waals surface area contributed by atoms with E-state index in [0.717, 1.165) is 19.3 Å². The second-order valence-corrected chi connectivity index (χ2v) is 11.9. The molecular formula is C25H35FO5. The average molecular weight is 435 g/mol. The molecule has 12 atom stereocenters. The van der Waals surface area contributed by atoms with Crippen molar-refractivity contribution >= 4 is 0 Å². The van der Waals surface area contributed by atoms with Crippen molar-refractivity contribution in [3.05, 3.63) is 12.2 Å². The second kappa shape index (κ2) is 5.93. The lowest BCUT2D eigenvalue weighted by molar-refractivity contribution is -0.271. The second-order valence-electron chi connectivity index (χ2n) is 11.9. The van der Waals surface area contributed by atoms with Gasteiger partial charge in [-0.05, 0) is 42.1 Å². The predicted octanol–water partition coefficient (Wildman–Crippen LogP) is 3.66. The number of halogens is 1. The maximum absolute atomic E-state index is 16.0. The lowest BCUT2D eigenvalue weighted by Gasteiger charge is -2.63. The van der Waals surface area contributed by atoms with Crippen molar-refractivity contribution in [2.75, 3.05) is 26.4 Å². The highest BCUT2D eigenvalue weighted by Gasteiger charge is 2.81. The fourth-order valence-electron chi connectivity index (χ4n) is 9.54. The smallest absolute Gasteiger partial charge is 0.236 e. The summed E-state index contributed by atoms with van der Waals surface area (Å²) < 4.78 is 46.8. The summed E-state index contributed by atoms with van der Waals surface area (Å²) in [4.78, 5) is 0. The van der Waals surface area contributed by atoms with Crippen LogP contribution in [0.5, 0.6) is 0 Å². The van der Waals surface area contributed by atoms with Gasteiger partial charge in [0.2, 0.25) is 5.85 Å². The number of alkyl halides is 1. The van der Waals surface area contributed by atoms with Gasteiger partial charge >= 0.3 is 0 Å². The zero-order valence-corrected chi connectivity index (χ0v) is 18.9. The molecule has 4 unspecified atom stereocenters. The Hall–Kier alpha value is -0.530. The monoisotopic (exact) mass is 434 g/mol. The third-order valence-electron chi connectivity index (χ3n) is 11.1. The summed E-state index contributed by atoms with van der Waals surface area (Å²) in [5.41, 5.74) is 0.718. The highest BCUT2D eigenvalue weighted by atomic mass is 19.2. The van der Waals surface area contributed by atoms with E-state index < -0.39 is 12.0 Å². The van der Waals surface area contributed by atoms with Gasteiger partial charge < -0.3 is 23.7 Å². The molecule has 1 spiro atoms. The minimum absolute atomic E-state index is 0.0360. The van der Waals surface area contributed by atoms with E-state index >= 15 is 4.39 Å². The first-order valence-corrected chi connectivity index (χ1v) is 12.3. The van der Waals surface area contributed by atoms with Crippen LogP contribution in [0.15, 0.2) is 12.2 Å². The van der Waals surface area contributed by atoms with Gasteiger partial charge in [-0.2, -0.15) is 0 Å². The first kappa shape index (κ1) is 19.9. The zero-order valence-electron chi connectivity index (χ0n) is 18.9. The van der Waals surface area contributed by atoms with Crippen LogP contribution in [0, 0.1) is 34.5 Å². The first-order chi connectivity index (χ1) is 14.8. The normalized spacial score (nSPS) is 64.3. The molecule has 7 aliphatic rings. The summed E-state index contributed by atoms with van der Waals surface area (Å²) in [6.45, 7) is 13.8. The van der Waals surface area contributed by atoms with Gasteiger partial charge in [-0.25, -0.2) is 4.39 Å². The van der Waals surface area contributed by atoms with Gasteiger partial charge in [-0.15, -0.1) is 0 Å². The topological polar surface area (TPSA) is 49.5 Å². The Kier molecular flexibility index (Phi) is 3.81. The molecule has 0 radical (unpaired) electrons. The van der Waals surface area contributed by atoms with Crippen LogP contribution in [0.4, 0.5) is 4.39 Å². The van der Waals surface area contributed by atoms with Crippen LogP contribution in [0.25, 0.3) is 0 Å².